The van der Waals surface area contributed by atoms with Gasteiger partial charge in [-0.25, -0.2) is 0 Å². The van der Waals surface area contributed by atoms with Crippen molar-refractivity contribution in [1.29, 1.82) is 0 Å². The Labute approximate surface area is 200 Å². The predicted octanol–water partition coefficient (Wildman–Crippen LogP) is 2.81. The molecule has 33 heavy (non-hydrogen) atoms. The maximum absolute atomic E-state index is 13.4. The van der Waals surface area contributed by atoms with Crippen LogP contribution in [0.15, 0.2) is 40.9 Å². The summed E-state index contributed by atoms with van der Waals surface area (Å²) in [6.07, 6.45) is 0. The summed E-state index contributed by atoms with van der Waals surface area (Å²) in [7, 11) is 1.93. The Balaban J connectivity index is 1.32. The normalized spacial score (nSPS) is 15.5. The Hall–Kier alpha value is -2.76. The van der Waals surface area contributed by atoms with E-state index in [1.807, 2.05) is 47.3 Å². The smallest absolute Gasteiger partial charge is 0.237 e. The van der Waals surface area contributed by atoms with Crippen molar-refractivity contribution in [3.05, 3.63) is 40.6 Å². The van der Waals surface area contributed by atoms with Crippen molar-refractivity contribution in [2.75, 3.05) is 55.1 Å². The number of amides is 1. The molecule has 3 aromatic rings. The van der Waals surface area contributed by atoms with Gasteiger partial charge in [-0.2, -0.15) is 0 Å². The molecule has 0 unspecified atom stereocenters. The van der Waals surface area contributed by atoms with Gasteiger partial charge in [0.25, 0.3) is 0 Å². The van der Waals surface area contributed by atoms with E-state index < -0.39 is 0 Å². The summed E-state index contributed by atoms with van der Waals surface area (Å²) in [5, 5.41) is 11.4. The average molecular weight is 488 g/mol. The lowest BCUT2D eigenvalue weighted by Gasteiger charge is -2.27. The van der Waals surface area contributed by atoms with Crippen LogP contribution in [0.25, 0.3) is 0 Å². The summed E-state index contributed by atoms with van der Waals surface area (Å²) in [4.78, 5) is 18.4. The first kappa shape index (κ1) is 22.1. The number of benzene rings is 1. The van der Waals surface area contributed by atoms with Gasteiger partial charge >= 0.3 is 0 Å². The van der Waals surface area contributed by atoms with Gasteiger partial charge in [-0.05, 0) is 23.6 Å². The van der Waals surface area contributed by atoms with Gasteiger partial charge in [0.15, 0.2) is 16.7 Å². The highest BCUT2D eigenvalue weighted by atomic mass is 32.2. The van der Waals surface area contributed by atoms with Crippen molar-refractivity contribution in [2.45, 2.75) is 11.7 Å². The van der Waals surface area contributed by atoms with Crippen molar-refractivity contribution >= 4 is 40.6 Å². The lowest BCUT2D eigenvalue weighted by atomic mass is 10.2. The second kappa shape index (κ2) is 10.0. The summed E-state index contributed by atoms with van der Waals surface area (Å²) < 4.78 is 18.7. The Morgan fingerprint density at radius 1 is 1.12 bits per heavy atom. The average Bonchev–Trinajstić information content (AvgIpc) is 3.51. The van der Waals surface area contributed by atoms with Crippen molar-refractivity contribution in [3.8, 4) is 11.5 Å². The molecular weight excluding hydrogens is 462 g/mol. The number of carbonyl (C=O) groups excluding carboxylic acids is 1. The third-order valence-corrected chi connectivity index (χ3v) is 7.33. The van der Waals surface area contributed by atoms with Gasteiger partial charge < -0.3 is 24.0 Å². The van der Waals surface area contributed by atoms with Crippen LogP contribution in [0.4, 0.5) is 11.6 Å². The molecule has 0 atom stereocenters. The number of aromatic nitrogens is 3. The molecule has 2 aromatic heterocycles. The number of ether oxygens (including phenoxy) is 3. The number of fused-ring (bicyclic) bond motifs is 1. The predicted molar refractivity (Wildman–Crippen MR) is 128 cm³/mol. The van der Waals surface area contributed by atoms with Crippen molar-refractivity contribution in [1.82, 2.24) is 14.8 Å². The minimum atomic E-state index is -0.0130. The fourth-order valence-corrected chi connectivity index (χ4v) is 5.23. The molecule has 1 aromatic carbocycles. The quantitative estimate of drug-likeness (QED) is 0.471. The molecule has 0 bridgehead atoms. The number of carbonyl (C=O) groups is 1. The first-order chi connectivity index (χ1) is 16.2. The molecule has 0 spiro atoms. The fraction of sp³-hybridized carbons (Fsp3) is 0.409. The summed E-state index contributed by atoms with van der Waals surface area (Å²) in [5.41, 5.74) is 0.783. The topological polar surface area (TPSA) is 82.0 Å². The van der Waals surface area contributed by atoms with E-state index in [4.69, 9.17) is 14.2 Å². The monoisotopic (exact) mass is 487 g/mol. The number of thiophene rings is 1. The Bertz CT molecular complexity index is 1100. The third-order valence-electron chi connectivity index (χ3n) is 5.46. The molecule has 1 amide bonds. The van der Waals surface area contributed by atoms with E-state index in [2.05, 4.69) is 15.1 Å². The fourth-order valence-electron chi connectivity index (χ4n) is 3.76. The molecule has 0 N–H and O–H groups in total. The molecule has 9 nitrogen and oxygen atoms in total. The number of nitrogens with zero attached hydrogens (tertiary/aromatic N) is 5. The summed E-state index contributed by atoms with van der Waals surface area (Å²) in [6, 6.07) is 9.68. The molecule has 5 rings (SSSR count). The molecule has 0 aliphatic carbocycles. The zero-order valence-corrected chi connectivity index (χ0v) is 19.9. The van der Waals surface area contributed by atoms with Crippen LogP contribution in [-0.4, -0.2) is 65.9 Å². The zero-order valence-electron chi connectivity index (χ0n) is 18.3. The minimum Gasteiger partial charge on any atom is -0.486 e. The first-order valence-electron chi connectivity index (χ1n) is 10.8. The van der Waals surface area contributed by atoms with Crippen LogP contribution < -0.4 is 19.3 Å². The third kappa shape index (κ3) is 4.94. The standard InChI is InChI=1S/C22H25N5O4S2/c1-25-21(26-6-8-29-9-7-26)23-24-22(25)33-15-20(28)27(14-17-3-2-12-32-17)16-4-5-18-19(13-16)31-11-10-30-18/h2-5,12-13H,6-11,14-15H2,1H3. The summed E-state index contributed by atoms with van der Waals surface area (Å²) in [6.45, 7) is 4.47. The van der Waals surface area contributed by atoms with Crippen LogP contribution in [0.1, 0.15) is 4.88 Å². The van der Waals surface area contributed by atoms with Crippen LogP contribution in [0.3, 0.4) is 0 Å². The van der Waals surface area contributed by atoms with E-state index in [0.717, 1.165) is 29.6 Å². The van der Waals surface area contributed by atoms with E-state index in [1.165, 1.54) is 11.8 Å². The highest BCUT2D eigenvalue weighted by molar-refractivity contribution is 7.99. The molecule has 0 saturated carbocycles. The van der Waals surface area contributed by atoms with Crippen LogP contribution in [0, 0.1) is 0 Å². The first-order valence-corrected chi connectivity index (χ1v) is 12.6. The van der Waals surface area contributed by atoms with Gasteiger partial charge in [-0.15, -0.1) is 21.5 Å². The van der Waals surface area contributed by atoms with E-state index in [0.29, 0.717) is 49.6 Å². The Kier molecular flexibility index (Phi) is 6.70. The molecule has 4 heterocycles. The number of hydrogen-bond acceptors (Lipinski definition) is 9. The van der Waals surface area contributed by atoms with E-state index >= 15 is 0 Å². The van der Waals surface area contributed by atoms with Crippen LogP contribution in [-0.2, 0) is 23.1 Å². The molecule has 11 heteroatoms. The molecule has 1 saturated heterocycles. The number of morpholine rings is 1. The van der Waals surface area contributed by atoms with Gasteiger partial charge in [0.1, 0.15) is 13.2 Å². The van der Waals surface area contributed by atoms with E-state index in [9.17, 15) is 4.79 Å². The molecule has 2 aliphatic rings. The lowest BCUT2D eigenvalue weighted by Crippen LogP contribution is -2.37. The lowest BCUT2D eigenvalue weighted by molar-refractivity contribution is -0.116. The second-order valence-corrected chi connectivity index (χ2v) is 9.59. The summed E-state index contributed by atoms with van der Waals surface area (Å²) in [5.74, 6) is 2.41. The minimum absolute atomic E-state index is 0.0130. The highest BCUT2D eigenvalue weighted by Crippen LogP contribution is 2.35. The molecular formula is C22H25N5O4S2. The Morgan fingerprint density at radius 2 is 1.94 bits per heavy atom. The van der Waals surface area contributed by atoms with Gasteiger partial charge in [0.2, 0.25) is 11.9 Å². The number of rotatable bonds is 7. The van der Waals surface area contributed by atoms with Crippen molar-refractivity contribution in [2.24, 2.45) is 7.05 Å². The van der Waals surface area contributed by atoms with Crippen LogP contribution >= 0.6 is 23.1 Å². The largest absolute Gasteiger partial charge is 0.486 e. The SMILES string of the molecule is Cn1c(SCC(=O)N(Cc2cccs2)c2ccc3c(c2)OCCO3)nnc1N1CCOCC1. The second-order valence-electron chi connectivity index (χ2n) is 7.62. The van der Waals surface area contributed by atoms with Crippen LogP contribution in [0.2, 0.25) is 0 Å². The highest BCUT2D eigenvalue weighted by Gasteiger charge is 2.23. The summed E-state index contributed by atoms with van der Waals surface area (Å²) >= 11 is 3.02. The van der Waals surface area contributed by atoms with Gasteiger partial charge in [-0.1, -0.05) is 17.8 Å². The zero-order chi connectivity index (χ0) is 22.6. The van der Waals surface area contributed by atoms with Crippen LogP contribution in [0.5, 0.6) is 11.5 Å². The van der Waals surface area contributed by atoms with E-state index in [1.54, 1.807) is 16.2 Å². The molecule has 0 radical (unpaired) electrons. The number of hydrogen-bond donors (Lipinski definition) is 0. The number of thioether (sulfide) groups is 1. The maximum atomic E-state index is 13.4. The molecule has 174 valence electrons. The molecule has 2 aliphatic heterocycles. The number of anilines is 2. The van der Waals surface area contributed by atoms with Crippen molar-refractivity contribution in [3.63, 3.8) is 0 Å². The van der Waals surface area contributed by atoms with E-state index in [-0.39, 0.29) is 11.7 Å². The molecule has 1 fully saturated rings. The Morgan fingerprint density at radius 3 is 2.73 bits per heavy atom. The van der Waals surface area contributed by atoms with Gasteiger partial charge in [0, 0.05) is 36.8 Å². The van der Waals surface area contributed by atoms with Crippen molar-refractivity contribution < 1.29 is 19.0 Å². The van der Waals surface area contributed by atoms with Gasteiger partial charge in [-0.3, -0.25) is 9.36 Å². The van der Waals surface area contributed by atoms with Gasteiger partial charge in [0.05, 0.1) is 25.5 Å². The maximum Gasteiger partial charge on any atom is 0.237 e.